The van der Waals surface area contributed by atoms with Crippen LogP contribution in [0.15, 0.2) is 53.2 Å². The second-order valence-corrected chi connectivity index (χ2v) is 8.57. The molecule has 0 fully saturated rings. The van der Waals surface area contributed by atoms with E-state index in [0.717, 1.165) is 16.8 Å². The molecule has 0 radical (unpaired) electrons. The maximum Gasteiger partial charge on any atom is 0.276 e. The van der Waals surface area contributed by atoms with E-state index in [1.54, 1.807) is 37.8 Å². The van der Waals surface area contributed by atoms with Gasteiger partial charge in [0.15, 0.2) is 16.6 Å². The van der Waals surface area contributed by atoms with Crippen LogP contribution in [-0.4, -0.2) is 36.0 Å². The molecular formula is C23H20N4O4S2. The molecule has 0 bridgehead atoms. The van der Waals surface area contributed by atoms with Crippen LogP contribution in [0.1, 0.15) is 17.4 Å². The number of amides is 2. The maximum atomic E-state index is 12.7. The number of rotatable bonds is 7. The summed E-state index contributed by atoms with van der Waals surface area (Å²) in [6.45, 7) is 1.46. The van der Waals surface area contributed by atoms with Gasteiger partial charge in [0, 0.05) is 34.5 Å². The lowest BCUT2D eigenvalue weighted by atomic mass is 10.1. The topological polar surface area (TPSA) is 102 Å². The summed E-state index contributed by atoms with van der Waals surface area (Å²) in [5.74, 6) is 0.759. The molecule has 4 rings (SSSR count). The molecule has 4 aromatic rings. The van der Waals surface area contributed by atoms with Crippen LogP contribution in [0.5, 0.6) is 11.5 Å². The minimum absolute atomic E-state index is 0.127. The Morgan fingerprint density at radius 1 is 0.848 bits per heavy atom. The zero-order valence-corrected chi connectivity index (χ0v) is 19.7. The number of anilines is 2. The zero-order chi connectivity index (χ0) is 23.4. The number of carbonyl (C=O) groups excluding carboxylic acids is 2. The lowest BCUT2D eigenvalue weighted by molar-refractivity contribution is -0.114. The maximum absolute atomic E-state index is 12.7. The molecule has 0 saturated heterocycles. The second-order valence-electron chi connectivity index (χ2n) is 6.86. The largest absolute Gasteiger partial charge is 0.493 e. The molecule has 0 aliphatic carbocycles. The standard InChI is InChI=1S/C23H20N4O4S2/c1-13(28)24-16-7-4-14(5-8-16)17-11-33-23(26-17)27-21(29)18-12-32-22(25-18)15-6-9-19(30-2)20(10-15)31-3/h4-12H,1-3H3,(H,24,28)(H,26,27,29). The Bertz CT molecular complexity index is 1300. The van der Waals surface area contributed by atoms with E-state index in [-0.39, 0.29) is 11.8 Å². The van der Waals surface area contributed by atoms with Crippen molar-refractivity contribution >= 4 is 45.3 Å². The molecular weight excluding hydrogens is 460 g/mol. The molecule has 0 unspecified atom stereocenters. The van der Waals surface area contributed by atoms with E-state index in [0.29, 0.717) is 33.0 Å². The van der Waals surface area contributed by atoms with Crippen molar-refractivity contribution in [3.8, 4) is 33.3 Å². The van der Waals surface area contributed by atoms with Crippen LogP contribution in [0.25, 0.3) is 21.8 Å². The van der Waals surface area contributed by atoms with Gasteiger partial charge in [0.1, 0.15) is 10.7 Å². The Kier molecular flexibility index (Phi) is 6.66. The van der Waals surface area contributed by atoms with Crippen LogP contribution < -0.4 is 20.1 Å². The van der Waals surface area contributed by atoms with Gasteiger partial charge >= 0.3 is 0 Å². The summed E-state index contributed by atoms with van der Waals surface area (Å²) in [5.41, 5.74) is 3.46. The van der Waals surface area contributed by atoms with Crippen molar-refractivity contribution in [2.75, 3.05) is 24.9 Å². The van der Waals surface area contributed by atoms with Crippen LogP contribution in [0, 0.1) is 0 Å². The van der Waals surface area contributed by atoms with Crippen LogP contribution in [0.2, 0.25) is 0 Å². The van der Waals surface area contributed by atoms with Crippen molar-refractivity contribution in [1.82, 2.24) is 9.97 Å². The fraction of sp³-hybridized carbons (Fsp3) is 0.130. The van der Waals surface area contributed by atoms with Crippen molar-refractivity contribution < 1.29 is 19.1 Å². The van der Waals surface area contributed by atoms with Crippen molar-refractivity contribution in [2.45, 2.75) is 6.92 Å². The smallest absolute Gasteiger partial charge is 0.276 e. The fourth-order valence-corrected chi connectivity index (χ4v) is 4.54. The highest BCUT2D eigenvalue weighted by Crippen LogP contribution is 2.34. The zero-order valence-electron chi connectivity index (χ0n) is 18.0. The molecule has 10 heteroatoms. The third-order valence-electron chi connectivity index (χ3n) is 4.59. The SMILES string of the molecule is COc1ccc(-c2nc(C(=O)Nc3nc(-c4ccc(NC(C)=O)cc4)cs3)cs2)cc1OC. The average Bonchev–Trinajstić information content (AvgIpc) is 3.49. The Hall–Kier alpha value is -3.76. The van der Waals surface area contributed by atoms with Crippen molar-refractivity contribution in [1.29, 1.82) is 0 Å². The predicted octanol–water partition coefficient (Wildman–Crippen LogP) is 5.16. The Morgan fingerprint density at radius 2 is 1.58 bits per heavy atom. The number of hydrogen-bond donors (Lipinski definition) is 2. The van der Waals surface area contributed by atoms with Gasteiger partial charge in [0.05, 0.1) is 19.9 Å². The summed E-state index contributed by atoms with van der Waals surface area (Å²) >= 11 is 2.69. The van der Waals surface area contributed by atoms with Crippen LogP contribution in [-0.2, 0) is 4.79 Å². The number of methoxy groups -OCH3 is 2. The Labute approximate surface area is 198 Å². The van der Waals surface area contributed by atoms with Gasteiger partial charge in [0.25, 0.3) is 5.91 Å². The van der Waals surface area contributed by atoms with E-state index in [9.17, 15) is 9.59 Å². The van der Waals surface area contributed by atoms with Gasteiger partial charge in [-0.25, -0.2) is 9.97 Å². The third kappa shape index (κ3) is 5.18. The fourth-order valence-electron chi connectivity index (χ4n) is 3.03. The molecule has 8 nitrogen and oxygen atoms in total. The molecule has 0 saturated carbocycles. The second kappa shape index (κ2) is 9.80. The van der Waals surface area contributed by atoms with Crippen molar-refractivity contribution in [3.63, 3.8) is 0 Å². The molecule has 0 aliphatic heterocycles. The molecule has 168 valence electrons. The first-order valence-electron chi connectivity index (χ1n) is 9.79. The molecule has 33 heavy (non-hydrogen) atoms. The van der Waals surface area contributed by atoms with Crippen molar-refractivity contribution in [2.24, 2.45) is 0 Å². The quantitative estimate of drug-likeness (QED) is 0.379. The highest BCUT2D eigenvalue weighted by Gasteiger charge is 2.15. The Balaban J connectivity index is 1.45. The monoisotopic (exact) mass is 480 g/mol. The normalized spacial score (nSPS) is 10.5. The number of carbonyl (C=O) groups is 2. The Morgan fingerprint density at radius 3 is 2.27 bits per heavy atom. The first-order chi connectivity index (χ1) is 16.0. The highest BCUT2D eigenvalue weighted by atomic mass is 32.1. The van der Waals surface area contributed by atoms with Crippen molar-refractivity contribution in [3.05, 3.63) is 58.9 Å². The predicted molar refractivity (Wildman–Crippen MR) is 130 cm³/mol. The third-order valence-corrected chi connectivity index (χ3v) is 6.24. The average molecular weight is 481 g/mol. The number of aromatic nitrogens is 2. The van der Waals surface area contributed by atoms with E-state index in [1.165, 1.54) is 29.6 Å². The molecule has 2 aromatic carbocycles. The van der Waals surface area contributed by atoms with Gasteiger partial charge in [-0.2, -0.15) is 0 Å². The van der Waals surface area contributed by atoms with Gasteiger partial charge in [0.2, 0.25) is 5.91 Å². The van der Waals surface area contributed by atoms with Gasteiger partial charge < -0.3 is 14.8 Å². The first kappa shape index (κ1) is 22.4. The summed E-state index contributed by atoms with van der Waals surface area (Å²) in [4.78, 5) is 32.8. The lowest BCUT2D eigenvalue weighted by Gasteiger charge is -2.08. The van der Waals surface area contributed by atoms with Crippen LogP contribution >= 0.6 is 22.7 Å². The molecule has 0 spiro atoms. The molecule has 0 atom stereocenters. The summed E-state index contributed by atoms with van der Waals surface area (Å²) in [6.07, 6.45) is 0. The minimum Gasteiger partial charge on any atom is -0.493 e. The summed E-state index contributed by atoms with van der Waals surface area (Å²) in [6, 6.07) is 12.8. The number of thiazole rings is 2. The minimum atomic E-state index is -0.333. The lowest BCUT2D eigenvalue weighted by Crippen LogP contribution is -2.12. The van der Waals surface area contributed by atoms with Crippen LogP contribution in [0.4, 0.5) is 10.8 Å². The van der Waals surface area contributed by atoms with Gasteiger partial charge in [-0.15, -0.1) is 22.7 Å². The summed E-state index contributed by atoms with van der Waals surface area (Å²) < 4.78 is 10.6. The number of ether oxygens (including phenoxy) is 2. The van der Waals surface area contributed by atoms with Gasteiger partial charge in [-0.05, 0) is 30.3 Å². The van der Waals surface area contributed by atoms with E-state index >= 15 is 0 Å². The molecule has 2 heterocycles. The van der Waals surface area contributed by atoms with E-state index in [4.69, 9.17) is 9.47 Å². The van der Waals surface area contributed by atoms with E-state index in [1.807, 2.05) is 29.6 Å². The number of nitrogens with zero attached hydrogens (tertiary/aromatic N) is 2. The first-order valence-corrected chi connectivity index (χ1v) is 11.6. The number of nitrogens with one attached hydrogen (secondary N) is 2. The molecule has 2 aromatic heterocycles. The number of hydrogen-bond acceptors (Lipinski definition) is 8. The van der Waals surface area contributed by atoms with E-state index < -0.39 is 0 Å². The van der Waals surface area contributed by atoms with E-state index in [2.05, 4.69) is 20.6 Å². The highest BCUT2D eigenvalue weighted by molar-refractivity contribution is 7.14. The molecule has 0 aliphatic rings. The van der Waals surface area contributed by atoms with Gasteiger partial charge in [-0.3, -0.25) is 14.9 Å². The van der Waals surface area contributed by atoms with Gasteiger partial charge in [-0.1, -0.05) is 12.1 Å². The van der Waals surface area contributed by atoms with Crippen LogP contribution in [0.3, 0.4) is 0 Å². The molecule has 2 amide bonds. The molecule has 2 N–H and O–H groups in total. The summed E-state index contributed by atoms with van der Waals surface area (Å²) in [7, 11) is 3.15. The summed E-state index contributed by atoms with van der Waals surface area (Å²) in [5, 5.41) is 10.3. The number of benzene rings is 2.